The number of H-pyrrole nitrogens is 1. The zero-order valence-corrected chi connectivity index (χ0v) is 19.4. The van der Waals surface area contributed by atoms with Crippen LogP contribution in [0.3, 0.4) is 0 Å². The van der Waals surface area contributed by atoms with Crippen LogP contribution < -0.4 is 4.74 Å². The normalized spacial score (nSPS) is 18.6. The molecule has 34 heavy (non-hydrogen) atoms. The van der Waals surface area contributed by atoms with E-state index in [0.29, 0.717) is 30.8 Å². The van der Waals surface area contributed by atoms with Gasteiger partial charge in [-0.2, -0.15) is 5.10 Å². The van der Waals surface area contributed by atoms with Gasteiger partial charge in [-0.15, -0.1) is 0 Å². The van der Waals surface area contributed by atoms with Crippen molar-refractivity contribution in [3.05, 3.63) is 59.5 Å². The number of fused-ring (bicyclic) bond motifs is 1. The highest BCUT2D eigenvalue weighted by molar-refractivity contribution is 5.88. The maximum Gasteiger partial charge on any atom is 0.410 e. The van der Waals surface area contributed by atoms with Crippen LogP contribution in [-0.4, -0.2) is 57.6 Å². The van der Waals surface area contributed by atoms with Crippen molar-refractivity contribution in [2.24, 2.45) is 5.92 Å². The summed E-state index contributed by atoms with van der Waals surface area (Å²) < 4.78 is 25.6. The van der Waals surface area contributed by atoms with Gasteiger partial charge >= 0.3 is 12.1 Å². The number of carboxylic acid groups (broad SMARTS) is 1. The molecule has 4 rings (SSSR count). The van der Waals surface area contributed by atoms with E-state index in [1.807, 2.05) is 39.0 Å². The first kappa shape index (κ1) is 23.5. The number of halogens is 1. The summed E-state index contributed by atoms with van der Waals surface area (Å²) in [6.45, 7) is 6.53. The zero-order chi connectivity index (χ0) is 24.5. The first-order chi connectivity index (χ1) is 16.1. The lowest BCUT2D eigenvalue weighted by Crippen LogP contribution is -2.46. The standard InChI is InChI=1S/C25H28FN3O5/c1-25(2,3)34-24(32)29-9-8-19(15-5-7-21(26)20(10-15)23(30)31)17(13-29)14-33-18-6-4-16-12-27-28-22(16)11-18/h4-7,10-12,17,19H,8-9,13-14H2,1-3H3,(H,27,28)(H,30,31)/t17-,19-/m0/s1. The van der Waals surface area contributed by atoms with Gasteiger partial charge in [0.1, 0.15) is 17.2 Å². The Morgan fingerprint density at radius 2 is 2.03 bits per heavy atom. The molecular weight excluding hydrogens is 441 g/mol. The molecule has 0 radical (unpaired) electrons. The van der Waals surface area contributed by atoms with Crippen LogP contribution in [0.4, 0.5) is 9.18 Å². The smallest absolute Gasteiger partial charge is 0.410 e. The third-order valence-corrected chi connectivity index (χ3v) is 5.91. The van der Waals surface area contributed by atoms with Gasteiger partial charge in [-0.05, 0) is 62.9 Å². The van der Waals surface area contributed by atoms with E-state index in [-0.39, 0.29) is 24.0 Å². The maximum atomic E-state index is 14.0. The third-order valence-electron chi connectivity index (χ3n) is 5.91. The van der Waals surface area contributed by atoms with E-state index in [9.17, 15) is 19.1 Å². The summed E-state index contributed by atoms with van der Waals surface area (Å²) in [5.74, 6) is -1.72. The Hall–Kier alpha value is -3.62. The molecule has 1 saturated heterocycles. The van der Waals surface area contributed by atoms with Crippen LogP contribution in [0, 0.1) is 11.7 Å². The number of hydrogen-bond donors (Lipinski definition) is 2. The van der Waals surface area contributed by atoms with E-state index in [1.54, 1.807) is 17.2 Å². The average molecular weight is 470 g/mol. The number of rotatable bonds is 5. The summed E-state index contributed by atoms with van der Waals surface area (Å²) in [6, 6.07) is 9.78. The number of aromatic nitrogens is 2. The Morgan fingerprint density at radius 3 is 2.76 bits per heavy atom. The molecule has 1 aliphatic heterocycles. The molecule has 0 spiro atoms. The van der Waals surface area contributed by atoms with Crippen LogP contribution >= 0.6 is 0 Å². The predicted octanol–water partition coefficient (Wildman–Crippen LogP) is 4.82. The van der Waals surface area contributed by atoms with E-state index in [0.717, 1.165) is 10.9 Å². The number of carbonyl (C=O) groups is 2. The largest absolute Gasteiger partial charge is 0.493 e. The van der Waals surface area contributed by atoms with Crippen molar-refractivity contribution in [3.8, 4) is 5.75 Å². The molecule has 0 saturated carbocycles. The van der Waals surface area contributed by atoms with Crippen LogP contribution in [0.1, 0.15) is 49.0 Å². The highest BCUT2D eigenvalue weighted by Gasteiger charge is 2.35. The molecule has 0 bridgehead atoms. The van der Waals surface area contributed by atoms with Crippen molar-refractivity contribution in [1.82, 2.24) is 15.1 Å². The molecule has 1 aromatic heterocycles. The number of amides is 1. The Labute approximate surface area is 196 Å². The molecule has 9 heteroatoms. The molecule has 2 aromatic carbocycles. The number of aromatic amines is 1. The Bertz CT molecular complexity index is 1200. The van der Waals surface area contributed by atoms with Crippen molar-refractivity contribution in [2.45, 2.75) is 38.7 Å². The molecule has 2 N–H and O–H groups in total. The second-order valence-electron chi connectivity index (χ2n) is 9.56. The number of hydrogen-bond acceptors (Lipinski definition) is 5. The third kappa shape index (κ3) is 5.30. The quantitative estimate of drug-likeness (QED) is 0.555. The minimum Gasteiger partial charge on any atom is -0.493 e. The lowest BCUT2D eigenvalue weighted by Gasteiger charge is -2.39. The second kappa shape index (κ2) is 9.32. The van der Waals surface area contributed by atoms with Gasteiger partial charge in [-0.1, -0.05) is 6.07 Å². The molecule has 2 atom stereocenters. The molecular formula is C25H28FN3O5. The van der Waals surface area contributed by atoms with Crippen LogP contribution in [0.15, 0.2) is 42.6 Å². The number of likely N-dealkylation sites (tertiary alicyclic amines) is 1. The van der Waals surface area contributed by atoms with Crippen molar-refractivity contribution < 1.29 is 28.6 Å². The maximum absolute atomic E-state index is 14.0. The minimum absolute atomic E-state index is 0.117. The van der Waals surface area contributed by atoms with Crippen molar-refractivity contribution >= 4 is 23.0 Å². The highest BCUT2D eigenvalue weighted by atomic mass is 19.1. The van der Waals surface area contributed by atoms with Crippen LogP contribution in [0.2, 0.25) is 0 Å². The van der Waals surface area contributed by atoms with Gasteiger partial charge in [-0.25, -0.2) is 14.0 Å². The van der Waals surface area contributed by atoms with Gasteiger partial charge < -0.3 is 19.5 Å². The first-order valence-electron chi connectivity index (χ1n) is 11.2. The fourth-order valence-corrected chi connectivity index (χ4v) is 4.28. The number of ether oxygens (including phenoxy) is 2. The molecule has 8 nitrogen and oxygen atoms in total. The number of carbonyl (C=O) groups excluding carboxylic acids is 1. The molecule has 3 aromatic rings. The summed E-state index contributed by atoms with van der Waals surface area (Å²) >= 11 is 0. The SMILES string of the molecule is CC(C)(C)OC(=O)N1CC[C@@H](c2ccc(F)c(C(=O)O)c2)[C@H](COc2ccc3cn[nH]c3c2)C1. The van der Waals surface area contributed by atoms with Crippen LogP contribution in [-0.2, 0) is 4.74 Å². The molecule has 0 aliphatic carbocycles. The average Bonchev–Trinajstić information content (AvgIpc) is 3.24. The van der Waals surface area contributed by atoms with Gasteiger partial charge in [0.15, 0.2) is 0 Å². The number of piperidine rings is 1. The second-order valence-corrected chi connectivity index (χ2v) is 9.56. The van der Waals surface area contributed by atoms with Gasteiger partial charge in [0.2, 0.25) is 0 Å². The number of nitrogens with zero attached hydrogens (tertiary/aromatic N) is 2. The van der Waals surface area contributed by atoms with E-state index in [1.165, 1.54) is 12.1 Å². The predicted molar refractivity (Wildman–Crippen MR) is 124 cm³/mol. The molecule has 180 valence electrons. The van der Waals surface area contributed by atoms with Crippen molar-refractivity contribution in [3.63, 3.8) is 0 Å². The first-order valence-corrected chi connectivity index (χ1v) is 11.2. The number of nitrogens with one attached hydrogen (secondary N) is 1. The highest BCUT2D eigenvalue weighted by Crippen LogP contribution is 2.35. The van der Waals surface area contributed by atoms with E-state index < -0.39 is 23.5 Å². The summed E-state index contributed by atoms with van der Waals surface area (Å²) in [4.78, 5) is 25.8. The Morgan fingerprint density at radius 1 is 1.24 bits per heavy atom. The monoisotopic (exact) mass is 469 g/mol. The summed E-state index contributed by atoms with van der Waals surface area (Å²) in [5.41, 5.74) is 0.571. The van der Waals surface area contributed by atoms with E-state index >= 15 is 0 Å². The van der Waals surface area contributed by atoms with Crippen molar-refractivity contribution in [2.75, 3.05) is 19.7 Å². The van der Waals surface area contributed by atoms with Gasteiger partial charge in [-0.3, -0.25) is 5.10 Å². The Balaban J connectivity index is 1.57. The topological polar surface area (TPSA) is 105 Å². The molecule has 0 unspecified atom stereocenters. The lowest BCUT2D eigenvalue weighted by atomic mass is 9.80. The summed E-state index contributed by atoms with van der Waals surface area (Å²) in [7, 11) is 0. The molecule has 1 aliphatic rings. The van der Waals surface area contributed by atoms with Crippen LogP contribution in [0.25, 0.3) is 10.9 Å². The summed E-state index contributed by atoms with van der Waals surface area (Å²) in [6.07, 6.45) is 1.89. The minimum atomic E-state index is -1.31. The molecule has 2 heterocycles. The molecule has 1 amide bonds. The van der Waals surface area contributed by atoms with E-state index in [2.05, 4.69) is 10.2 Å². The Kier molecular flexibility index (Phi) is 6.45. The number of aromatic carboxylic acids is 1. The summed E-state index contributed by atoms with van der Waals surface area (Å²) in [5, 5.41) is 17.2. The fraction of sp³-hybridized carbons (Fsp3) is 0.400. The van der Waals surface area contributed by atoms with Gasteiger partial charge in [0, 0.05) is 30.5 Å². The number of benzene rings is 2. The van der Waals surface area contributed by atoms with Crippen LogP contribution in [0.5, 0.6) is 5.75 Å². The number of carboxylic acids is 1. The fourth-order valence-electron chi connectivity index (χ4n) is 4.28. The van der Waals surface area contributed by atoms with Gasteiger partial charge in [0.05, 0.1) is 23.9 Å². The van der Waals surface area contributed by atoms with E-state index in [4.69, 9.17) is 9.47 Å². The molecule has 1 fully saturated rings. The van der Waals surface area contributed by atoms with Gasteiger partial charge in [0.25, 0.3) is 0 Å². The lowest BCUT2D eigenvalue weighted by molar-refractivity contribution is 0.0111. The van der Waals surface area contributed by atoms with Crippen molar-refractivity contribution in [1.29, 1.82) is 0 Å². The zero-order valence-electron chi connectivity index (χ0n) is 19.4.